The van der Waals surface area contributed by atoms with Gasteiger partial charge in [-0.3, -0.25) is 0 Å². The van der Waals surface area contributed by atoms with Gasteiger partial charge >= 0.3 is 0 Å². The molecular formula is C16H21Cl2N5. The van der Waals surface area contributed by atoms with Gasteiger partial charge < -0.3 is 16.0 Å². The summed E-state index contributed by atoms with van der Waals surface area (Å²) in [5, 5.41) is 4.03. The Labute approximate surface area is 146 Å². The zero-order valence-electron chi connectivity index (χ0n) is 13.3. The highest BCUT2D eigenvalue weighted by atomic mass is 35.5. The van der Waals surface area contributed by atoms with Crippen molar-refractivity contribution in [2.24, 2.45) is 0 Å². The third-order valence-corrected chi connectivity index (χ3v) is 4.03. The molecule has 0 aliphatic heterocycles. The fraction of sp³-hybridized carbons (Fsp3) is 0.375. The smallest absolute Gasteiger partial charge is 0.229 e. The number of aromatic nitrogens is 2. The molecule has 5 nitrogen and oxygen atoms in total. The van der Waals surface area contributed by atoms with E-state index in [9.17, 15) is 0 Å². The van der Waals surface area contributed by atoms with Gasteiger partial charge in [0.1, 0.15) is 5.82 Å². The predicted octanol–water partition coefficient (Wildman–Crippen LogP) is 3.99. The van der Waals surface area contributed by atoms with E-state index < -0.39 is 0 Å². The molecule has 1 heterocycles. The Hall–Kier alpha value is -1.56. The monoisotopic (exact) mass is 353 g/mol. The highest BCUT2D eigenvalue weighted by Gasteiger charge is 2.09. The van der Waals surface area contributed by atoms with Crippen molar-refractivity contribution >= 4 is 40.7 Å². The Morgan fingerprint density at radius 1 is 1.17 bits per heavy atom. The number of hydrogen-bond donors (Lipinski definition) is 2. The standard InChI is InChI=1S/C16H21Cl2N5/c1-23(2)9-4-3-6-11-10-20-16(22-15(11)19)21-14-12(17)7-5-8-13(14)18/h5,7-8,10H,3-4,6,9H2,1-2H3,(H3,19,20,21,22). The summed E-state index contributed by atoms with van der Waals surface area (Å²) in [6.45, 7) is 1.06. The Bertz CT molecular complexity index is 641. The van der Waals surface area contributed by atoms with Crippen LogP contribution in [0.1, 0.15) is 18.4 Å². The molecule has 2 aromatic rings. The van der Waals surface area contributed by atoms with Crippen molar-refractivity contribution in [2.75, 3.05) is 31.7 Å². The van der Waals surface area contributed by atoms with E-state index in [1.165, 1.54) is 0 Å². The van der Waals surface area contributed by atoms with Crippen LogP contribution in [0.4, 0.5) is 17.5 Å². The first kappa shape index (κ1) is 17.8. The molecule has 0 fully saturated rings. The quantitative estimate of drug-likeness (QED) is 0.736. The van der Waals surface area contributed by atoms with E-state index in [1.54, 1.807) is 24.4 Å². The van der Waals surface area contributed by atoms with Gasteiger partial charge in [-0.15, -0.1) is 0 Å². The number of nitrogens with zero attached hydrogens (tertiary/aromatic N) is 3. The van der Waals surface area contributed by atoms with Crippen LogP contribution in [0.15, 0.2) is 24.4 Å². The number of para-hydroxylation sites is 1. The fourth-order valence-corrected chi connectivity index (χ4v) is 2.64. The van der Waals surface area contributed by atoms with E-state index >= 15 is 0 Å². The van der Waals surface area contributed by atoms with Gasteiger partial charge in [0.15, 0.2) is 0 Å². The first-order chi connectivity index (χ1) is 11.0. The third kappa shape index (κ3) is 5.23. The second-order valence-corrected chi connectivity index (χ2v) is 6.40. The normalized spacial score (nSPS) is 11.0. The van der Waals surface area contributed by atoms with Crippen molar-refractivity contribution < 1.29 is 0 Å². The Morgan fingerprint density at radius 3 is 2.48 bits per heavy atom. The maximum atomic E-state index is 6.12. The Morgan fingerprint density at radius 2 is 1.87 bits per heavy atom. The fourth-order valence-electron chi connectivity index (χ4n) is 2.15. The largest absolute Gasteiger partial charge is 0.383 e. The Kier molecular flexibility index (Phi) is 6.45. The van der Waals surface area contributed by atoms with Gasteiger partial charge in [-0.1, -0.05) is 29.3 Å². The average Bonchev–Trinajstić information content (AvgIpc) is 2.49. The van der Waals surface area contributed by atoms with Crippen LogP contribution in [-0.4, -0.2) is 35.5 Å². The zero-order valence-corrected chi connectivity index (χ0v) is 14.8. The minimum absolute atomic E-state index is 0.384. The number of rotatable bonds is 7. The molecule has 0 saturated carbocycles. The molecular weight excluding hydrogens is 333 g/mol. The number of hydrogen-bond acceptors (Lipinski definition) is 5. The van der Waals surface area contributed by atoms with Crippen LogP contribution >= 0.6 is 23.2 Å². The minimum Gasteiger partial charge on any atom is -0.383 e. The van der Waals surface area contributed by atoms with Crippen LogP contribution in [0.2, 0.25) is 10.0 Å². The average molecular weight is 354 g/mol. The lowest BCUT2D eigenvalue weighted by Crippen LogP contribution is -2.13. The molecule has 0 spiro atoms. The number of benzene rings is 1. The lowest BCUT2D eigenvalue weighted by molar-refractivity contribution is 0.394. The number of anilines is 3. The van der Waals surface area contributed by atoms with Crippen molar-refractivity contribution in [1.29, 1.82) is 0 Å². The molecule has 0 aliphatic rings. The molecule has 0 radical (unpaired) electrons. The van der Waals surface area contributed by atoms with Gasteiger partial charge in [-0.25, -0.2) is 4.98 Å². The lowest BCUT2D eigenvalue weighted by atomic mass is 10.1. The molecule has 0 unspecified atom stereocenters. The van der Waals surface area contributed by atoms with E-state index in [0.717, 1.165) is 31.4 Å². The summed E-state index contributed by atoms with van der Waals surface area (Å²) in [7, 11) is 4.13. The molecule has 124 valence electrons. The van der Waals surface area contributed by atoms with Crippen LogP contribution in [0.3, 0.4) is 0 Å². The molecule has 0 aliphatic carbocycles. The SMILES string of the molecule is CN(C)CCCCc1cnc(Nc2c(Cl)cccc2Cl)nc1N. The van der Waals surface area contributed by atoms with Gasteiger partial charge in [0.25, 0.3) is 0 Å². The van der Waals surface area contributed by atoms with E-state index in [4.69, 9.17) is 28.9 Å². The van der Waals surface area contributed by atoms with Crippen molar-refractivity contribution in [2.45, 2.75) is 19.3 Å². The predicted molar refractivity (Wildman–Crippen MR) is 97.7 cm³/mol. The summed E-state index contributed by atoms with van der Waals surface area (Å²) in [4.78, 5) is 10.8. The van der Waals surface area contributed by atoms with Crippen molar-refractivity contribution in [3.8, 4) is 0 Å². The molecule has 2 rings (SSSR count). The van der Waals surface area contributed by atoms with Gasteiger partial charge in [0.2, 0.25) is 5.95 Å². The molecule has 0 bridgehead atoms. The molecule has 0 amide bonds. The summed E-state index contributed by atoms with van der Waals surface area (Å²) in [5.41, 5.74) is 7.56. The Balaban J connectivity index is 2.02. The second kappa shape index (κ2) is 8.34. The summed E-state index contributed by atoms with van der Waals surface area (Å²) in [6, 6.07) is 5.28. The summed E-state index contributed by atoms with van der Waals surface area (Å²) in [6.07, 6.45) is 4.79. The summed E-state index contributed by atoms with van der Waals surface area (Å²) >= 11 is 12.2. The van der Waals surface area contributed by atoms with Gasteiger partial charge in [-0.2, -0.15) is 4.98 Å². The maximum absolute atomic E-state index is 6.12. The third-order valence-electron chi connectivity index (χ3n) is 3.40. The lowest BCUT2D eigenvalue weighted by Gasteiger charge is -2.11. The molecule has 7 heteroatoms. The zero-order chi connectivity index (χ0) is 16.8. The molecule has 1 aromatic carbocycles. The highest BCUT2D eigenvalue weighted by molar-refractivity contribution is 6.39. The first-order valence-corrected chi connectivity index (χ1v) is 8.20. The molecule has 23 heavy (non-hydrogen) atoms. The van der Waals surface area contributed by atoms with E-state index in [1.807, 2.05) is 0 Å². The second-order valence-electron chi connectivity index (χ2n) is 5.59. The molecule has 3 N–H and O–H groups in total. The van der Waals surface area contributed by atoms with Crippen molar-refractivity contribution in [1.82, 2.24) is 14.9 Å². The number of halogens is 2. The van der Waals surface area contributed by atoms with Gasteiger partial charge in [0, 0.05) is 11.8 Å². The van der Waals surface area contributed by atoms with Crippen LogP contribution in [-0.2, 0) is 6.42 Å². The highest BCUT2D eigenvalue weighted by Crippen LogP contribution is 2.31. The molecule has 0 saturated heterocycles. The number of aryl methyl sites for hydroxylation is 1. The molecule has 0 atom stereocenters. The van der Waals surface area contributed by atoms with E-state index in [2.05, 4.69) is 34.3 Å². The van der Waals surface area contributed by atoms with Crippen LogP contribution in [0, 0.1) is 0 Å². The summed E-state index contributed by atoms with van der Waals surface area (Å²) in [5.74, 6) is 0.866. The first-order valence-electron chi connectivity index (χ1n) is 7.44. The van der Waals surface area contributed by atoms with Gasteiger partial charge in [-0.05, 0) is 52.0 Å². The van der Waals surface area contributed by atoms with Crippen LogP contribution in [0.5, 0.6) is 0 Å². The van der Waals surface area contributed by atoms with Gasteiger partial charge in [0.05, 0.1) is 15.7 Å². The number of nitrogen functional groups attached to an aromatic ring is 1. The summed E-state index contributed by atoms with van der Waals surface area (Å²) < 4.78 is 0. The van der Waals surface area contributed by atoms with E-state index in [-0.39, 0.29) is 0 Å². The minimum atomic E-state index is 0.384. The number of nitrogens with two attached hydrogens (primary N) is 1. The maximum Gasteiger partial charge on any atom is 0.229 e. The number of nitrogens with one attached hydrogen (secondary N) is 1. The molecule has 1 aromatic heterocycles. The topological polar surface area (TPSA) is 67.1 Å². The van der Waals surface area contributed by atoms with Crippen LogP contribution < -0.4 is 11.1 Å². The number of unbranched alkanes of at least 4 members (excludes halogenated alkanes) is 1. The van der Waals surface area contributed by atoms with Crippen molar-refractivity contribution in [3.05, 3.63) is 40.0 Å². The van der Waals surface area contributed by atoms with Crippen LogP contribution in [0.25, 0.3) is 0 Å². The van der Waals surface area contributed by atoms with E-state index in [0.29, 0.717) is 27.5 Å². The van der Waals surface area contributed by atoms with Crippen molar-refractivity contribution in [3.63, 3.8) is 0 Å².